The zero-order chi connectivity index (χ0) is 13.4. The number of pyridine rings is 1. The fourth-order valence-electron chi connectivity index (χ4n) is 2.20. The number of aryl methyl sites for hydroxylation is 2. The van der Waals surface area contributed by atoms with Crippen LogP contribution in [0.1, 0.15) is 9.88 Å². The summed E-state index contributed by atoms with van der Waals surface area (Å²) in [5.41, 5.74) is 2.87. The molecule has 0 fully saturated rings. The first-order valence-electron chi connectivity index (χ1n) is 6.07. The van der Waals surface area contributed by atoms with Crippen molar-refractivity contribution in [3.8, 4) is 17.1 Å². The van der Waals surface area contributed by atoms with E-state index in [1.54, 1.807) is 18.4 Å². The molecule has 0 saturated carbocycles. The van der Waals surface area contributed by atoms with Gasteiger partial charge in [0.1, 0.15) is 0 Å². The van der Waals surface area contributed by atoms with Gasteiger partial charge in [0.05, 0.1) is 28.9 Å². The van der Waals surface area contributed by atoms with Gasteiger partial charge in [-0.3, -0.25) is 0 Å². The summed E-state index contributed by atoms with van der Waals surface area (Å²) in [5, 5.41) is 2.16. The minimum absolute atomic E-state index is 0.632. The van der Waals surface area contributed by atoms with E-state index in [9.17, 15) is 0 Å². The number of benzene rings is 1. The number of ether oxygens (including phenoxy) is 1. The van der Waals surface area contributed by atoms with Crippen LogP contribution < -0.4 is 4.74 Å². The lowest BCUT2D eigenvalue weighted by molar-refractivity contribution is 0.401. The van der Waals surface area contributed by atoms with Crippen molar-refractivity contribution in [1.29, 1.82) is 0 Å². The molecule has 2 heterocycles. The summed E-state index contributed by atoms with van der Waals surface area (Å²) in [6, 6.07) is 10.1. The summed E-state index contributed by atoms with van der Waals surface area (Å²) in [4.78, 5) is 10.3. The van der Waals surface area contributed by atoms with Crippen molar-refractivity contribution in [2.45, 2.75) is 13.8 Å². The molecule has 3 aromatic rings. The lowest BCUT2D eigenvalue weighted by Gasteiger charge is -2.08. The first-order valence-corrected chi connectivity index (χ1v) is 6.89. The number of aromatic nitrogens is 2. The number of fused-ring (bicyclic) bond motifs is 1. The first kappa shape index (κ1) is 12.1. The third-order valence-corrected chi connectivity index (χ3v) is 3.93. The quantitative estimate of drug-likeness (QED) is 0.706. The Morgan fingerprint density at radius 1 is 1.11 bits per heavy atom. The number of rotatable bonds is 2. The minimum atomic E-state index is 0.632. The molecule has 0 N–H and O–H groups in total. The lowest BCUT2D eigenvalue weighted by Crippen LogP contribution is -1.94. The molecule has 96 valence electrons. The van der Waals surface area contributed by atoms with Crippen molar-refractivity contribution in [3.05, 3.63) is 40.2 Å². The number of methoxy groups -OCH3 is 1. The van der Waals surface area contributed by atoms with E-state index in [-0.39, 0.29) is 0 Å². The van der Waals surface area contributed by atoms with Crippen LogP contribution in [0, 0.1) is 13.8 Å². The van der Waals surface area contributed by atoms with Gasteiger partial charge >= 0.3 is 0 Å². The lowest BCUT2D eigenvalue weighted by atomic mass is 10.1. The van der Waals surface area contributed by atoms with E-state index in [0.717, 1.165) is 27.2 Å². The second kappa shape index (κ2) is 4.63. The molecule has 0 bridgehead atoms. The van der Waals surface area contributed by atoms with Crippen molar-refractivity contribution in [3.63, 3.8) is 0 Å². The molecule has 19 heavy (non-hydrogen) atoms. The predicted molar refractivity (Wildman–Crippen MR) is 78.9 cm³/mol. The summed E-state index contributed by atoms with van der Waals surface area (Å²) in [6.07, 6.45) is 0. The van der Waals surface area contributed by atoms with Crippen molar-refractivity contribution in [2.75, 3.05) is 7.11 Å². The molecule has 0 aliphatic heterocycles. The first-order chi connectivity index (χ1) is 9.19. The summed E-state index contributed by atoms with van der Waals surface area (Å²) in [5.74, 6) is 0.632. The van der Waals surface area contributed by atoms with Crippen LogP contribution in [0.2, 0.25) is 0 Å². The molecule has 0 aliphatic carbocycles. The third-order valence-electron chi connectivity index (χ3n) is 3.04. The fraction of sp³-hybridized carbons (Fsp3) is 0.200. The second-order valence-electron chi connectivity index (χ2n) is 4.38. The van der Waals surface area contributed by atoms with Gasteiger partial charge in [-0.05, 0) is 26.0 Å². The molecule has 0 aliphatic rings. The van der Waals surface area contributed by atoms with Gasteiger partial charge in [-0.2, -0.15) is 0 Å². The largest absolute Gasteiger partial charge is 0.480 e. The minimum Gasteiger partial charge on any atom is -0.480 e. The highest BCUT2D eigenvalue weighted by Crippen LogP contribution is 2.34. The van der Waals surface area contributed by atoms with Crippen molar-refractivity contribution >= 4 is 22.2 Å². The van der Waals surface area contributed by atoms with Gasteiger partial charge < -0.3 is 4.74 Å². The molecule has 2 aromatic heterocycles. The van der Waals surface area contributed by atoms with E-state index in [4.69, 9.17) is 4.74 Å². The maximum atomic E-state index is 5.43. The average molecular weight is 270 g/mol. The van der Waals surface area contributed by atoms with Crippen LogP contribution in [-0.2, 0) is 0 Å². The topological polar surface area (TPSA) is 35.0 Å². The van der Waals surface area contributed by atoms with E-state index < -0.39 is 0 Å². The van der Waals surface area contributed by atoms with Crippen LogP contribution in [0.3, 0.4) is 0 Å². The number of nitrogens with zero attached hydrogens (tertiary/aromatic N) is 2. The molecule has 0 unspecified atom stereocenters. The van der Waals surface area contributed by atoms with Gasteiger partial charge in [0.2, 0.25) is 5.88 Å². The Balaban J connectivity index is 2.30. The van der Waals surface area contributed by atoms with Crippen LogP contribution >= 0.6 is 11.3 Å². The molecule has 0 amide bonds. The molecule has 0 radical (unpaired) electrons. The van der Waals surface area contributed by atoms with E-state index >= 15 is 0 Å². The highest BCUT2D eigenvalue weighted by Gasteiger charge is 2.15. The van der Waals surface area contributed by atoms with Crippen molar-refractivity contribution < 1.29 is 4.74 Å². The fourth-order valence-corrected chi connectivity index (χ4v) is 3.03. The smallest absolute Gasteiger partial charge is 0.223 e. The number of hydrogen-bond donors (Lipinski definition) is 0. The van der Waals surface area contributed by atoms with Crippen LogP contribution in [-0.4, -0.2) is 17.1 Å². The van der Waals surface area contributed by atoms with Crippen LogP contribution in [0.15, 0.2) is 30.3 Å². The van der Waals surface area contributed by atoms with Gasteiger partial charge in [-0.1, -0.05) is 18.2 Å². The molecule has 0 spiro atoms. The van der Waals surface area contributed by atoms with E-state index in [2.05, 4.69) is 29.0 Å². The Bertz CT molecular complexity index is 749. The predicted octanol–water partition coefficient (Wildman–Crippen LogP) is 3.98. The standard InChI is InChI=1S/C15H14N2OS/c1-9-14(16-10(2)19-9)12-8-11-6-4-5-7-13(11)17-15(12)18-3/h4-8H,1-3H3. The van der Waals surface area contributed by atoms with Gasteiger partial charge in [0.25, 0.3) is 0 Å². The number of hydrogen-bond acceptors (Lipinski definition) is 4. The number of para-hydroxylation sites is 1. The van der Waals surface area contributed by atoms with Crippen LogP contribution in [0.5, 0.6) is 5.88 Å². The zero-order valence-corrected chi connectivity index (χ0v) is 11.9. The normalized spacial score (nSPS) is 10.9. The van der Waals surface area contributed by atoms with Gasteiger partial charge in [-0.25, -0.2) is 9.97 Å². The SMILES string of the molecule is COc1nc2ccccc2cc1-c1nc(C)sc1C. The van der Waals surface area contributed by atoms with E-state index in [0.29, 0.717) is 5.88 Å². The maximum Gasteiger partial charge on any atom is 0.223 e. The molecular formula is C15H14N2OS. The molecule has 0 saturated heterocycles. The summed E-state index contributed by atoms with van der Waals surface area (Å²) in [6.45, 7) is 4.09. The maximum absolute atomic E-state index is 5.43. The average Bonchev–Trinajstić information content (AvgIpc) is 2.76. The Morgan fingerprint density at radius 3 is 2.58 bits per heavy atom. The molecule has 3 nitrogen and oxygen atoms in total. The molecular weight excluding hydrogens is 256 g/mol. The highest BCUT2D eigenvalue weighted by molar-refractivity contribution is 7.11. The van der Waals surface area contributed by atoms with E-state index in [1.165, 1.54) is 4.88 Å². The van der Waals surface area contributed by atoms with Gasteiger partial charge in [0.15, 0.2) is 0 Å². The van der Waals surface area contributed by atoms with Crippen LogP contribution in [0.25, 0.3) is 22.2 Å². The molecule has 0 atom stereocenters. The van der Waals surface area contributed by atoms with Crippen molar-refractivity contribution in [1.82, 2.24) is 9.97 Å². The Kier molecular flexibility index (Phi) is 2.95. The Hall–Kier alpha value is -1.94. The third kappa shape index (κ3) is 2.08. The molecule has 1 aromatic carbocycles. The monoisotopic (exact) mass is 270 g/mol. The summed E-state index contributed by atoms with van der Waals surface area (Å²) < 4.78 is 5.43. The second-order valence-corrected chi connectivity index (χ2v) is 5.78. The van der Waals surface area contributed by atoms with Gasteiger partial charge in [-0.15, -0.1) is 11.3 Å². The highest BCUT2D eigenvalue weighted by atomic mass is 32.1. The van der Waals surface area contributed by atoms with E-state index in [1.807, 2.05) is 25.1 Å². The summed E-state index contributed by atoms with van der Waals surface area (Å²) in [7, 11) is 1.65. The Labute approximate surface area is 115 Å². The van der Waals surface area contributed by atoms with Crippen LogP contribution in [0.4, 0.5) is 0 Å². The number of thiazole rings is 1. The van der Waals surface area contributed by atoms with Gasteiger partial charge in [0, 0.05) is 10.3 Å². The molecule has 3 rings (SSSR count). The zero-order valence-electron chi connectivity index (χ0n) is 11.1. The summed E-state index contributed by atoms with van der Waals surface area (Å²) >= 11 is 1.69. The Morgan fingerprint density at radius 2 is 1.89 bits per heavy atom. The molecule has 4 heteroatoms. The van der Waals surface area contributed by atoms with Crippen molar-refractivity contribution in [2.24, 2.45) is 0 Å².